The molecule has 3 N–H and O–H groups in total. The van der Waals surface area contributed by atoms with Crippen LogP contribution in [0, 0.1) is 3.57 Å². The molecular weight excluding hydrogens is 425 g/mol. The van der Waals surface area contributed by atoms with Gasteiger partial charge in [-0.2, -0.15) is 0 Å². The molecule has 0 saturated carbocycles. The van der Waals surface area contributed by atoms with Gasteiger partial charge >= 0.3 is 0 Å². The van der Waals surface area contributed by atoms with Gasteiger partial charge in [0.1, 0.15) is 5.75 Å². The van der Waals surface area contributed by atoms with Gasteiger partial charge < -0.3 is 15.5 Å². The lowest BCUT2D eigenvalue weighted by Gasteiger charge is -2.10. The van der Waals surface area contributed by atoms with Crippen molar-refractivity contribution >= 4 is 51.0 Å². The van der Waals surface area contributed by atoms with E-state index >= 15 is 0 Å². The molecule has 2 heterocycles. The highest BCUT2D eigenvalue weighted by Gasteiger charge is 2.18. The summed E-state index contributed by atoms with van der Waals surface area (Å²) in [6.07, 6.45) is 5.04. The molecule has 1 aliphatic heterocycles. The first-order valence-electron chi connectivity index (χ1n) is 8.12. The highest BCUT2D eigenvalue weighted by Crippen LogP contribution is 2.29. The number of nitrogen functional groups attached to an aromatic ring is 1. The molecule has 0 amide bonds. The SMILES string of the molecule is COc1ccc2c3c([nH]c2c1)C(/C=C/c1cc(I)ccc1N)=NCC3. The van der Waals surface area contributed by atoms with Gasteiger partial charge in [-0.3, -0.25) is 4.99 Å². The second-order valence-corrected chi connectivity index (χ2v) is 7.26. The zero-order valence-electron chi connectivity index (χ0n) is 13.8. The van der Waals surface area contributed by atoms with Crippen molar-refractivity contribution in [3.8, 4) is 5.75 Å². The van der Waals surface area contributed by atoms with Crippen molar-refractivity contribution in [3.63, 3.8) is 0 Å². The minimum atomic E-state index is 0.773. The summed E-state index contributed by atoms with van der Waals surface area (Å²) in [7, 11) is 1.69. The number of fused-ring (bicyclic) bond motifs is 3. The fraction of sp³-hybridized carbons (Fsp3) is 0.150. The van der Waals surface area contributed by atoms with Crippen LogP contribution in [-0.2, 0) is 6.42 Å². The van der Waals surface area contributed by atoms with E-state index in [1.54, 1.807) is 7.11 Å². The second-order valence-electron chi connectivity index (χ2n) is 6.01. The number of benzene rings is 2. The van der Waals surface area contributed by atoms with E-state index in [9.17, 15) is 0 Å². The molecular formula is C20H18IN3O. The van der Waals surface area contributed by atoms with Gasteiger partial charge in [0, 0.05) is 32.8 Å². The number of rotatable bonds is 3. The summed E-state index contributed by atoms with van der Waals surface area (Å²) < 4.78 is 6.49. The average Bonchev–Trinajstić information content (AvgIpc) is 3.00. The lowest BCUT2D eigenvalue weighted by molar-refractivity contribution is 0.415. The van der Waals surface area contributed by atoms with Gasteiger partial charge in [0.25, 0.3) is 0 Å². The maximum atomic E-state index is 6.08. The fourth-order valence-electron chi connectivity index (χ4n) is 3.20. The van der Waals surface area contributed by atoms with Gasteiger partial charge in [0.2, 0.25) is 0 Å². The first kappa shape index (κ1) is 16.2. The van der Waals surface area contributed by atoms with Crippen LogP contribution in [0.15, 0.2) is 47.5 Å². The van der Waals surface area contributed by atoms with E-state index in [1.807, 2.05) is 36.4 Å². The smallest absolute Gasteiger partial charge is 0.120 e. The van der Waals surface area contributed by atoms with E-state index in [-0.39, 0.29) is 0 Å². The Balaban J connectivity index is 1.74. The van der Waals surface area contributed by atoms with Crippen LogP contribution in [0.3, 0.4) is 0 Å². The lowest BCUT2D eigenvalue weighted by Crippen LogP contribution is -2.10. The van der Waals surface area contributed by atoms with E-state index in [0.717, 1.165) is 50.5 Å². The zero-order valence-corrected chi connectivity index (χ0v) is 16.0. The number of hydrogen-bond acceptors (Lipinski definition) is 3. The third kappa shape index (κ3) is 3.04. The van der Waals surface area contributed by atoms with Crippen molar-refractivity contribution in [1.82, 2.24) is 4.98 Å². The van der Waals surface area contributed by atoms with Crippen LogP contribution in [0.2, 0.25) is 0 Å². The zero-order chi connectivity index (χ0) is 17.4. The lowest BCUT2D eigenvalue weighted by atomic mass is 10.0. The topological polar surface area (TPSA) is 63.4 Å². The third-order valence-electron chi connectivity index (χ3n) is 4.48. The van der Waals surface area contributed by atoms with Crippen LogP contribution < -0.4 is 10.5 Å². The minimum absolute atomic E-state index is 0.773. The highest BCUT2D eigenvalue weighted by atomic mass is 127. The Kier molecular flexibility index (Phi) is 4.25. The predicted octanol–water partition coefficient (Wildman–Crippen LogP) is 4.42. The highest BCUT2D eigenvalue weighted by molar-refractivity contribution is 14.1. The van der Waals surface area contributed by atoms with Crippen molar-refractivity contribution in [2.24, 2.45) is 4.99 Å². The standard InChI is InChI=1S/C20H18IN3O/c1-25-14-4-5-15-16-8-9-23-18(20(16)24-19(15)11-14)7-2-12-10-13(21)3-6-17(12)22/h2-7,10-11,24H,8-9,22H2,1H3/b7-2+. The largest absolute Gasteiger partial charge is 0.497 e. The molecule has 2 aromatic carbocycles. The number of nitrogens with zero attached hydrogens (tertiary/aromatic N) is 1. The van der Waals surface area contributed by atoms with E-state index in [0.29, 0.717) is 0 Å². The normalized spacial score (nSPS) is 13.9. The third-order valence-corrected chi connectivity index (χ3v) is 5.15. The summed E-state index contributed by atoms with van der Waals surface area (Å²) in [5, 5.41) is 1.24. The van der Waals surface area contributed by atoms with Gasteiger partial charge in [-0.05, 0) is 76.5 Å². The molecule has 126 valence electrons. The van der Waals surface area contributed by atoms with E-state index in [1.165, 1.54) is 10.9 Å². The summed E-state index contributed by atoms with van der Waals surface area (Å²) in [5.74, 6) is 0.853. The molecule has 0 bridgehead atoms. The number of H-pyrrole nitrogens is 1. The van der Waals surface area contributed by atoms with Gasteiger partial charge in [0.05, 0.1) is 18.5 Å². The Bertz CT molecular complexity index is 1020. The number of aromatic amines is 1. The molecule has 0 fully saturated rings. The summed E-state index contributed by atoms with van der Waals surface area (Å²) in [4.78, 5) is 8.21. The van der Waals surface area contributed by atoms with Crippen molar-refractivity contribution in [1.29, 1.82) is 0 Å². The molecule has 4 nitrogen and oxygen atoms in total. The predicted molar refractivity (Wildman–Crippen MR) is 113 cm³/mol. The summed E-state index contributed by atoms with van der Waals surface area (Å²) >= 11 is 2.29. The molecule has 0 aliphatic carbocycles. The van der Waals surface area contributed by atoms with Crippen molar-refractivity contribution in [2.45, 2.75) is 6.42 Å². The second kappa shape index (κ2) is 6.55. The number of aromatic nitrogens is 1. The number of ether oxygens (including phenoxy) is 1. The van der Waals surface area contributed by atoms with Gasteiger partial charge in [-0.25, -0.2) is 0 Å². The number of hydrogen-bond donors (Lipinski definition) is 2. The average molecular weight is 443 g/mol. The summed E-state index contributed by atoms with van der Waals surface area (Å²) in [6, 6.07) is 12.2. The first-order valence-corrected chi connectivity index (χ1v) is 9.20. The van der Waals surface area contributed by atoms with Crippen LogP contribution in [-0.4, -0.2) is 24.4 Å². The molecule has 3 aromatic rings. The Morgan fingerprint density at radius 1 is 1.20 bits per heavy atom. The quantitative estimate of drug-likeness (QED) is 0.465. The number of aliphatic imine (C=N–C) groups is 1. The van der Waals surface area contributed by atoms with E-state index < -0.39 is 0 Å². The molecule has 0 saturated heterocycles. The number of nitrogens with two attached hydrogens (primary N) is 1. The van der Waals surface area contributed by atoms with E-state index in [4.69, 9.17) is 15.5 Å². The Hall–Kier alpha value is -2.28. The van der Waals surface area contributed by atoms with Gasteiger partial charge in [-0.1, -0.05) is 6.08 Å². The first-order chi connectivity index (χ1) is 12.2. The van der Waals surface area contributed by atoms with Crippen molar-refractivity contribution in [3.05, 3.63) is 62.9 Å². The Morgan fingerprint density at radius 2 is 2.08 bits per heavy atom. The molecule has 0 spiro atoms. The monoisotopic (exact) mass is 443 g/mol. The fourth-order valence-corrected chi connectivity index (χ4v) is 3.72. The molecule has 0 radical (unpaired) electrons. The van der Waals surface area contributed by atoms with E-state index in [2.05, 4.69) is 39.7 Å². The number of nitrogens with one attached hydrogen (secondary N) is 1. The van der Waals surface area contributed by atoms with Crippen LogP contribution in [0.25, 0.3) is 17.0 Å². The van der Waals surface area contributed by atoms with Crippen LogP contribution in [0.1, 0.15) is 16.8 Å². The number of anilines is 1. The number of methoxy groups -OCH3 is 1. The van der Waals surface area contributed by atoms with Gasteiger partial charge in [0.15, 0.2) is 0 Å². The summed E-state index contributed by atoms with van der Waals surface area (Å²) in [5.41, 5.74) is 12.3. The Morgan fingerprint density at radius 3 is 2.92 bits per heavy atom. The molecule has 0 unspecified atom stereocenters. The number of allylic oxidation sites excluding steroid dienone is 1. The molecule has 4 rings (SSSR count). The maximum Gasteiger partial charge on any atom is 0.120 e. The van der Waals surface area contributed by atoms with Crippen LogP contribution in [0.4, 0.5) is 5.69 Å². The minimum Gasteiger partial charge on any atom is -0.497 e. The van der Waals surface area contributed by atoms with Gasteiger partial charge in [-0.15, -0.1) is 0 Å². The molecule has 0 atom stereocenters. The van der Waals surface area contributed by atoms with Crippen molar-refractivity contribution < 1.29 is 4.74 Å². The summed E-state index contributed by atoms with van der Waals surface area (Å²) in [6.45, 7) is 0.799. The van der Waals surface area contributed by atoms with Crippen LogP contribution in [0.5, 0.6) is 5.75 Å². The molecule has 5 heteroatoms. The van der Waals surface area contributed by atoms with Crippen molar-refractivity contribution in [2.75, 3.05) is 19.4 Å². The molecule has 1 aliphatic rings. The number of halogens is 1. The maximum absolute atomic E-state index is 6.08. The molecule has 1 aromatic heterocycles. The molecule has 25 heavy (non-hydrogen) atoms. The Labute approximate surface area is 159 Å². The van der Waals surface area contributed by atoms with Crippen LogP contribution >= 0.6 is 22.6 Å².